The van der Waals surface area contributed by atoms with Crippen LogP contribution >= 0.6 is 0 Å². The number of carbonyl (C=O) groups excluding carboxylic acids is 1. The van der Waals surface area contributed by atoms with Crippen LogP contribution in [0.25, 0.3) is 16.9 Å². The minimum absolute atomic E-state index is 0.0322. The first-order chi connectivity index (χ1) is 18.2. The number of benzene rings is 1. The first-order valence-electron chi connectivity index (χ1n) is 12.9. The number of methoxy groups -OCH3 is 1. The summed E-state index contributed by atoms with van der Waals surface area (Å²) in [5.74, 6) is 0.723. The molecule has 0 spiro atoms. The minimum atomic E-state index is -3.08. The lowest BCUT2D eigenvalue weighted by Gasteiger charge is -2.41. The van der Waals surface area contributed by atoms with Gasteiger partial charge in [-0.2, -0.15) is 8.78 Å². The highest BCUT2D eigenvalue weighted by atomic mass is 19.3. The standard InChI is InChI=1S/C28H33F2N3O5/c1-28(2)17-36-10-8-32(28)9-11-37-20-6-7-33-21(16-31-25(33)15-20)19-13-23(35-3)26(22(34)12-18-4-5-18)24(14-19)38-27(29)30/h6-7,13-16,18,27H,4-5,8-12,17H2,1-3H3. The van der Waals surface area contributed by atoms with Crippen molar-refractivity contribution in [3.8, 4) is 28.5 Å². The Hall–Kier alpha value is -3.24. The zero-order valence-electron chi connectivity index (χ0n) is 21.9. The van der Waals surface area contributed by atoms with Crippen molar-refractivity contribution in [2.45, 2.75) is 45.3 Å². The number of nitrogens with zero attached hydrogens (tertiary/aromatic N) is 3. The van der Waals surface area contributed by atoms with Crippen molar-refractivity contribution < 1.29 is 32.5 Å². The third-order valence-corrected chi connectivity index (χ3v) is 7.18. The molecular weight excluding hydrogens is 496 g/mol. The minimum Gasteiger partial charge on any atom is -0.496 e. The molecule has 3 heterocycles. The van der Waals surface area contributed by atoms with Crippen LogP contribution in [0.5, 0.6) is 17.2 Å². The van der Waals surface area contributed by atoms with Gasteiger partial charge in [0.2, 0.25) is 0 Å². The Morgan fingerprint density at radius 2 is 2.03 bits per heavy atom. The van der Waals surface area contributed by atoms with Crippen LogP contribution in [-0.4, -0.2) is 72.2 Å². The van der Waals surface area contributed by atoms with E-state index in [0.29, 0.717) is 41.8 Å². The average molecular weight is 530 g/mol. The molecule has 2 aromatic heterocycles. The predicted octanol–water partition coefficient (Wildman–Crippen LogP) is 5.08. The molecule has 8 nitrogen and oxygen atoms in total. The van der Waals surface area contributed by atoms with Crippen LogP contribution in [0.3, 0.4) is 0 Å². The summed E-state index contributed by atoms with van der Waals surface area (Å²) >= 11 is 0. The number of carbonyl (C=O) groups is 1. The number of hydrogen-bond acceptors (Lipinski definition) is 7. The lowest BCUT2D eigenvalue weighted by Crippen LogP contribution is -2.54. The summed E-state index contributed by atoms with van der Waals surface area (Å²) in [5.41, 5.74) is 1.83. The lowest BCUT2D eigenvalue weighted by molar-refractivity contribution is -0.0547. The lowest BCUT2D eigenvalue weighted by atomic mass is 10.00. The second-order valence-electron chi connectivity index (χ2n) is 10.4. The Morgan fingerprint density at radius 1 is 1.24 bits per heavy atom. The average Bonchev–Trinajstić information content (AvgIpc) is 3.59. The van der Waals surface area contributed by atoms with Gasteiger partial charge in [-0.3, -0.25) is 14.1 Å². The summed E-state index contributed by atoms with van der Waals surface area (Å²) in [4.78, 5) is 19.7. The molecule has 0 bridgehead atoms. The van der Waals surface area contributed by atoms with Crippen molar-refractivity contribution >= 4 is 11.4 Å². The molecule has 10 heteroatoms. The Morgan fingerprint density at radius 3 is 2.74 bits per heavy atom. The van der Waals surface area contributed by atoms with Gasteiger partial charge in [0.15, 0.2) is 5.78 Å². The SMILES string of the molecule is COc1cc(-c2cnc3cc(OCCN4CCOCC4(C)C)ccn23)cc(OC(F)F)c1C(=O)CC1CC1. The van der Waals surface area contributed by atoms with Crippen LogP contribution in [0.4, 0.5) is 8.78 Å². The molecule has 0 N–H and O–H groups in total. The third kappa shape index (κ3) is 5.76. The van der Waals surface area contributed by atoms with Gasteiger partial charge in [-0.15, -0.1) is 0 Å². The molecule has 5 rings (SSSR count). The maximum Gasteiger partial charge on any atom is 0.387 e. The number of aromatic nitrogens is 2. The summed E-state index contributed by atoms with van der Waals surface area (Å²) in [5, 5.41) is 0. The molecule has 0 radical (unpaired) electrons. The van der Waals surface area contributed by atoms with E-state index in [2.05, 4.69) is 23.7 Å². The maximum atomic E-state index is 13.3. The van der Waals surface area contributed by atoms with Gasteiger partial charge in [0, 0.05) is 42.9 Å². The van der Waals surface area contributed by atoms with Crippen molar-refractivity contribution in [3.63, 3.8) is 0 Å². The van der Waals surface area contributed by atoms with Crippen LogP contribution in [-0.2, 0) is 4.74 Å². The summed E-state index contributed by atoms with van der Waals surface area (Å²) < 4.78 is 50.3. The molecule has 204 valence electrons. The van der Waals surface area contributed by atoms with Gasteiger partial charge in [0.05, 0.1) is 32.2 Å². The summed E-state index contributed by atoms with van der Waals surface area (Å²) in [6, 6.07) is 6.78. The van der Waals surface area contributed by atoms with Gasteiger partial charge >= 0.3 is 6.61 Å². The topological polar surface area (TPSA) is 74.5 Å². The van der Waals surface area contributed by atoms with Crippen LogP contribution < -0.4 is 14.2 Å². The van der Waals surface area contributed by atoms with Crippen LogP contribution in [0, 0.1) is 5.92 Å². The largest absolute Gasteiger partial charge is 0.496 e. The normalized spacial score (nSPS) is 17.6. The van der Waals surface area contributed by atoms with E-state index in [9.17, 15) is 13.6 Å². The highest BCUT2D eigenvalue weighted by molar-refractivity contribution is 6.02. The number of hydrogen-bond donors (Lipinski definition) is 0. The first-order valence-corrected chi connectivity index (χ1v) is 12.9. The fourth-order valence-electron chi connectivity index (χ4n) is 4.89. The number of alkyl halides is 2. The van der Waals surface area contributed by atoms with E-state index in [-0.39, 0.29) is 34.8 Å². The second kappa shape index (κ2) is 10.9. The third-order valence-electron chi connectivity index (χ3n) is 7.18. The fraction of sp³-hybridized carbons (Fsp3) is 0.500. The number of imidazole rings is 1. The van der Waals surface area contributed by atoms with Gasteiger partial charge in [-0.25, -0.2) is 4.98 Å². The number of fused-ring (bicyclic) bond motifs is 1. The molecule has 38 heavy (non-hydrogen) atoms. The van der Waals surface area contributed by atoms with E-state index in [1.807, 2.05) is 22.7 Å². The van der Waals surface area contributed by atoms with Crippen molar-refractivity contribution in [2.75, 3.05) is 40.0 Å². The molecule has 1 saturated heterocycles. The molecule has 1 aliphatic heterocycles. The molecule has 3 aromatic rings. The molecule has 1 aliphatic carbocycles. The molecule has 0 atom stereocenters. The number of ketones is 1. The number of halogens is 2. The van der Waals surface area contributed by atoms with Gasteiger partial charge in [0.1, 0.15) is 35.1 Å². The Kier molecular flexibility index (Phi) is 7.54. The van der Waals surface area contributed by atoms with Gasteiger partial charge in [-0.05, 0) is 50.8 Å². The number of pyridine rings is 1. The molecular formula is C28H33F2N3O5. The first kappa shape index (κ1) is 26.4. The molecule has 2 aliphatic rings. The van der Waals surface area contributed by atoms with E-state index in [1.54, 1.807) is 12.3 Å². The Balaban J connectivity index is 1.37. The van der Waals surface area contributed by atoms with E-state index < -0.39 is 6.61 Å². The fourth-order valence-corrected chi connectivity index (χ4v) is 4.89. The van der Waals surface area contributed by atoms with Crippen LogP contribution in [0.1, 0.15) is 43.5 Å². The second-order valence-corrected chi connectivity index (χ2v) is 10.4. The van der Waals surface area contributed by atoms with E-state index >= 15 is 0 Å². The smallest absolute Gasteiger partial charge is 0.387 e. The Bertz CT molecular complexity index is 1310. The number of ether oxygens (including phenoxy) is 4. The van der Waals surface area contributed by atoms with Crippen LogP contribution in [0.15, 0.2) is 36.7 Å². The van der Waals surface area contributed by atoms with Crippen molar-refractivity contribution in [3.05, 3.63) is 42.2 Å². The zero-order valence-corrected chi connectivity index (χ0v) is 21.9. The van der Waals surface area contributed by atoms with Crippen LogP contribution in [0.2, 0.25) is 0 Å². The molecule has 2 fully saturated rings. The van der Waals surface area contributed by atoms with Crippen molar-refractivity contribution in [1.82, 2.24) is 14.3 Å². The number of morpholine rings is 1. The highest BCUT2D eigenvalue weighted by Crippen LogP contribution is 2.40. The maximum absolute atomic E-state index is 13.3. The van der Waals surface area contributed by atoms with E-state index in [0.717, 1.165) is 32.5 Å². The van der Waals surface area contributed by atoms with Crippen molar-refractivity contribution in [2.24, 2.45) is 5.92 Å². The zero-order chi connectivity index (χ0) is 26.9. The summed E-state index contributed by atoms with van der Waals surface area (Å²) in [6.45, 7) is 4.82. The van der Waals surface area contributed by atoms with Gasteiger partial charge < -0.3 is 18.9 Å². The van der Waals surface area contributed by atoms with Gasteiger partial charge in [-0.1, -0.05) is 0 Å². The molecule has 1 saturated carbocycles. The highest BCUT2D eigenvalue weighted by Gasteiger charge is 2.31. The molecule has 0 unspecified atom stereocenters. The van der Waals surface area contributed by atoms with E-state index in [1.165, 1.54) is 13.2 Å². The monoisotopic (exact) mass is 529 g/mol. The Labute approximate surface area is 220 Å². The quantitative estimate of drug-likeness (QED) is 0.321. The predicted molar refractivity (Wildman–Crippen MR) is 137 cm³/mol. The summed E-state index contributed by atoms with van der Waals surface area (Å²) in [6.07, 6.45) is 5.68. The molecule has 1 aromatic carbocycles. The summed E-state index contributed by atoms with van der Waals surface area (Å²) in [7, 11) is 1.41. The number of Topliss-reactive ketones (excluding diaryl/α,β-unsaturated/α-hetero) is 1. The molecule has 0 amide bonds. The number of rotatable bonds is 11. The van der Waals surface area contributed by atoms with Crippen molar-refractivity contribution in [1.29, 1.82) is 0 Å². The van der Waals surface area contributed by atoms with E-state index in [4.69, 9.17) is 18.9 Å². The van der Waals surface area contributed by atoms with Gasteiger partial charge in [0.25, 0.3) is 0 Å².